The third kappa shape index (κ3) is 3.20. The van der Waals surface area contributed by atoms with Gasteiger partial charge in [-0.05, 0) is 43.5 Å². The molecule has 2 nitrogen and oxygen atoms in total. The van der Waals surface area contributed by atoms with E-state index in [1.807, 2.05) is 13.8 Å². The highest BCUT2D eigenvalue weighted by molar-refractivity contribution is 5.28. The van der Waals surface area contributed by atoms with Crippen molar-refractivity contribution in [1.29, 1.82) is 0 Å². The minimum absolute atomic E-state index is 0.106. The van der Waals surface area contributed by atoms with Gasteiger partial charge in [-0.3, -0.25) is 0 Å². The van der Waals surface area contributed by atoms with Gasteiger partial charge in [0, 0.05) is 0 Å². The van der Waals surface area contributed by atoms with E-state index in [1.54, 1.807) is 26.0 Å². The van der Waals surface area contributed by atoms with Gasteiger partial charge in [0.2, 0.25) is 0 Å². The van der Waals surface area contributed by atoms with Crippen LogP contribution in [0.15, 0.2) is 18.2 Å². The fourth-order valence-corrected chi connectivity index (χ4v) is 1.10. The van der Waals surface area contributed by atoms with E-state index in [1.165, 1.54) is 6.07 Å². The topological polar surface area (TPSA) is 29.5 Å². The number of aryl methyl sites for hydroxylation is 1. The summed E-state index contributed by atoms with van der Waals surface area (Å²) in [4.78, 5) is 0. The Labute approximate surface area is 96.1 Å². The Kier molecular flexibility index (Phi) is 3.92. The molecule has 1 aromatic rings. The number of halogens is 1. The van der Waals surface area contributed by atoms with Gasteiger partial charge in [-0.15, -0.1) is 0 Å². The fraction of sp³-hybridized carbons (Fsp3) is 0.538. The molecule has 16 heavy (non-hydrogen) atoms. The van der Waals surface area contributed by atoms with Crippen LogP contribution in [0.5, 0.6) is 5.75 Å². The maximum atomic E-state index is 13.0. The van der Waals surface area contributed by atoms with Gasteiger partial charge in [0.05, 0.1) is 5.60 Å². The summed E-state index contributed by atoms with van der Waals surface area (Å²) in [5.41, 5.74) is -0.329. The van der Waals surface area contributed by atoms with E-state index in [2.05, 4.69) is 0 Å². The van der Waals surface area contributed by atoms with E-state index in [0.717, 1.165) is 0 Å². The quantitative estimate of drug-likeness (QED) is 0.855. The first-order chi connectivity index (χ1) is 7.33. The van der Waals surface area contributed by atoms with Gasteiger partial charge in [0.25, 0.3) is 0 Å². The molecule has 0 amide bonds. The van der Waals surface area contributed by atoms with E-state index in [4.69, 9.17) is 4.74 Å². The van der Waals surface area contributed by atoms with Crippen molar-refractivity contribution < 1.29 is 14.2 Å². The molecule has 1 rings (SSSR count). The van der Waals surface area contributed by atoms with Crippen LogP contribution in [0.4, 0.5) is 4.39 Å². The lowest BCUT2D eigenvalue weighted by atomic mass is 9.94. The van der Waals surface area contributed by atoms with E-state index < -0.39 is 5.60 Å². The third-order valence-corrected chi connectivity index (χ3v) is 2.90. The Bertz CT molecular complexity index is 359. The Morgan fingerprint density at radius 2 is 2.06 bits per heavy atom. The Hall–Kier alpha value is -1.09. The molecule has 3 heteroatoms. The van der Waals surface area contributed by atoms with Gasteiger partial charge in [-0.1, -0.05) is 13.8 Å². The highest BCUT2D eigenvalue weighted by Gasteiger charge is 2.25. The average molecular weight is 226 g/mol. The van der Waals surface area contributed by atoms with Gasteiger partial charge >= 0.3 is 0 Å². The zero-order valence-corrected chi connectivity index (χ0v) is 10.2. The molecule has 0 aliphatic carbocycles. The molecular formula is C13H19FO2. The molecule has 1 N–H and O–H groups in total. The molecule has 0 saturated carbocycles. The normalized spacial score (nSPS) is 14.9. The zero-order valence-electron chi connectivity index (χ0n) is 10.2. The summed E-state index contributed by atoms with van der Waals surface area (Å²) in [5, 5.41) is 9.98. The molecule has 0 aromatic heterocycles. The first-order valence-electron chi connectivity index (χ1n) is 5.44. The summed E-state index contributed by atoms with van der Waals surface area (Å²) < 4.78 is 18.4. The van der Waals surface area contributed by atoms with Crippen molar-refractivity contribution in [2.75, 3.05) is 6.61 Å². The van der Waals surface area contributed by atoms with Crippen LogP contribution < -0.4 is 4.74 Å². The van der Waals surface area contributed by atoms with Crippen molar-refractivity contribution in [3.63, 3.8) is 0 Å². The summed E-state index contributed by atoms with van der Waals surface area (Å²) in [6, 6.07) is 4.57. The van der Waals surface area contributed by atoms with Crippen LogP contribution in [0.3, 0.4) is 0 Å². The lowest BCUT2D eigenvalue weighted by Crippen LogP contribution is -2.37. The van der Waals surface area contributed by atoms with Crippen LogP contribution in [-0.2, 0) is 0 Å². The van der Waals surface area contributed by atoms with Crippen molar-refractivity contribution in [3.05, 3.63) is 29.6 Å². The van der Waals surface area contributed by atoms with E-state index in [0.29, 0.717) is 11.3 Å². The first kappa shape index (κ1) is 13.0. The molecule has 0 spiro atoms. The second-order valence-electron chi connectivity index (χ2n) is 4.71. The lowest BCUT2D eigenvalue weighted by Gasteiger charge is -2.27. The number of aliphatic hydroxyl groups is 1. The molecule has 0 aliphatic rings. The highest BCUT2D eigenvalue weighted by atomic mass is 19.1. The van der Waals surface area contributed by atoms with Crippen molar-refractivity contribution in [2.45, 2.75) is 33.3 Å². The largest absolute Gasteiger partial charge is 0.491 e. The summed E-state index contributed by atoms with van der Waals surface area (Å²) in [7, 11) is 0. The third-order valence-electron chi connectivity index (χ3n) is 2.90. The minimum atomic E-state index is -0.873. The number of hydrogen-bond donors (Lipinski definition) is 1. The van der Waals surface area contributed by atoms with Crippen molar-refractivity contribution in [2.24, 2.45) is 5.92 Å². The maximum Gasteiger partial charge on any atom is 0.126 e. The smallest absolute Gasteiger partial charge is 0.126 e. The van der Waals surface area contributed by atoms with Crippen molar-refractivity contribution in [3.8, 4) is 5.75 Å². The van der Waals surface area contributed by atoms with Crippen molar-refractivity contribution >= 4 is 0 Å². The lowest BCUT2D eigenvalue weighted by molar-refractivity contribution is -0.0266. The van der Waals surface area contributed by atoms with Crippen molar-refractivity contribution in [1.82, 2.24) is 0 Å². The molecule has 1 aromatic carbocycles. The molecular weight excluding hydrogens is 207 g/mol. The second-order valence-corrected chi connectivity index (χ2v) is 4.71. The monoisotopic (exact) mass is 226 g/mol. The summed E-state index contributed by atoms with van der Waals surface area (Å²) in [6.07, 6.45) is 0. The minimum Gasteiger partial charge on any atom is -0.491 e. The molecule has 0 fully saturated rings. The standard InChI is InChI=1S/C13H19FO2/c1-9(2)13(4,15)8-16-11-5-6-12(14)10(3)7-11/h5-7,9,15H,8H2,1-4H3. The molecule has 0 bridgehead atoms. The van der Waals surface area contributed by atoms with E-state index in [9.17, 15) is 9.50 Å². The molecule has 1 atom stereocenters. The highest BCUT2D eigenvalue weighted by Crippen LogP contribution is 2.20. The molecule has 0 radical (unpaired) electrons. The summed E-state index contributed by atoms with van der Waals surface area (Å²) in [5.74, 6) is 0.442. The Morgan fingerprint density at radius 1 is 1.44 bits per heavy atom. The van der Waals surface area contributed by atoms with Gasteiger partial charge in [-0.2, -0.15) is 0 Å². The molecule has 1 unspecified atom stereocenters. The van der Waals surface area contributed by atoms with Crippen LogP contribution in [0, 0.1) is 18.7 Å². The second kappa shape index (κ2) is 4.83. The molecule has 90 valence electrons. The van der Waals surface area contributed by atoms with Gasteiger partial charge in [0.1, 0.15) is 18.2 Å². The fourth-order valence-electron chi connectivity index (χ4n) is 1.10. The summed E-state index contributed by atoms with van der Waals surface area (Å²) in [6.45, 7) is 7.48. The van der Waals surface area contributed by atoms with E-state index in [-0.39, 0.29) is 18.3 Å². The Balaban J connectivity index is 2.65. The zero-order chi connectivity index (χ0) is 12.3. The first-order valence-corrected chi connectivity index (χ1v) is 5.44. The van der Waals surface area contributed by atoms with Crippen LogP contribution in [0.25, 0.3) is 0 Å². The van der Waals surface area contributed by atoms with Crippen LogP contribution in [-0.4, -0.2) is 17.3 Å². The van der Waals surface area contributed by atoms with Crippen LogP contribution in [0.2, 0.25) is 0 Å². The SMILES string of the molecule is Cc1cc(OCC(C)(O)C(C)C)ccc1F. The van der Waals surface area contributed by atoms with Gasteiger partial charge in [-0.25, -0.2) is 4.39 Å². The number of benzene rings is 1. The average Bonchev–Trinajstić information content (AvgIpc) is 2.20. The van der Waals surface area contributed by atoms with Gasteiger partial charge in [0.15, 0.2) is 0 Å². The molecule has 0 saturated heterocycles. The van der Waals surface area contributed by atoms with Gasteiger partial charge < -0.3 is 9.84 Å². The molecule has 0 aliphatic heterocycles. The predicted molar refractivity (Wildman–Crippen MR) is 62.1 cm³/mol. The number of rotatable bonds is 4. The van der Waals surface area contributed by atoms with Crippen LogP contribution >= 0.6 is 0 Å². The predicted octanol–water partition coefficient (Wildman–Crippen LogP) is 2.92. The Morgan fingerprint density at radius 3 is 2.56 bits per heavy atom. The summed E-state index contributed by atoms with van der Waals surface area (Å²) >= 11 is 0. The van der Waals surface area contributed by atoms with Crippen LogP contribution in [0.1, 0.15) is 26.3 Å². The maximum absolute atomic E-state index is 13.0. The number of ether oxygens (including phenoxy) is 1. The van der Waals surface area contributed by atoms with E-state index >= 15 is 0 Å². The number of hydrogen-bond acceptors (Lipinski definition) is 2. The molecule has 0 heterocycles.